The lowest BCUT2D eigenvalue weighted by molar-refractivity contribution is 0.880. The van der Waals surface area contributed by atoms with Crippen LogP contribution in [0.2, 0.25) is 0 Å². The fourth-order valence-corrected chi connectivity index (χ4v) is 1.65. The molecule has 0 saturated heterocycles. The first kappa shape index (κ1) is 8.31. The van der Waals surface area contributed by atoms with Gasteiger partial charge < -0.3 is 5.73 Å². The summed E-state index contributed by atoms with van der Waals surface area (Å²) in [6.07, 6.45) is 3.61. The summed E-state index contributed by atoms with van der Waals surface area (Å²) in [7, 11) is 0. The molecule has 0 unspecified atom stereocenters. The van der Waals surface area contributed by atoms with Gasteiger partial charge in [0.2, 0.25) is 0 Å². The molecule has 0 amide bonds. The lowest BCUT2D eigenvalue weighted by Gasteiger charge is -2.03. The third kappa shape index (κ3) is 1.72. The van der Waals surface area contributed by atoms with Crippen LogP contribution < -0.4 is 5.73 Å². The predicted molar refractivity (Wildman–Crippen MR) is 55.7 cm³/mol. The first-order valence-corrected chi connectivity index (χ1v) is 4.61. The van der Waals surface area contributed by atoms with Crippen molar-refractivity contribution in [3.8, 4) is 5.69 Å². The van der Waals surface area contributed by atoms with Crippen LogP contribution in [0.3, 0.4) is 0 Å². The summed E-state index contributed by atoms with van der Waals surface area (Å²) in [6, 6.07) is 7.56. The molecule has 1 aromatic carbocycles. The van der Waals surface area contributed by atoms with Gasteiger partial charge in [0.25, 0.3) is 0 Å². The van der Waals surface area contributed by atoms with Crippen LogP contribution in [0.1, 0.15) is 0 Å². The smallest absolute Gasteiger partial charge is 0.0677 e. The lowest BCUT2D eigenvalue weighted by Crippen LogP contribution is -1.95. The van der Waals surface area contributed by atoms with Gasteiger partial charge in [0.1, 0.15) is 0 Å². The first-order chi connectivity index (χ1) is 6.25. The molecule has 0 spiro atoms. The highest BCUT2D eigenvalue weighted by molar-refractivity contribution is 9.10. The molecule has 0 radical (unpaired) electrons. The number of halogens is 1. The molecular formula is C9H8BrN3. The number of benzene rings is 1. The Hall–Kier alpha value is -1.29. The minimum absolute atomic E-state index is 0.722. The second kappa shape index (κ2) is 3.22. The van der Waals surface area contributed by atoms with Crippen LogP contribution in [0.25, 0.3) is 5.69 Å². The van der Waals surface area contributed by atoms with Crippen LogP contribution in [0.15, 0.2) is 41.1 Å². The summed E-state index contributed by atoms with van der Waals surface area (Å²) in [4.78, 5) is 0. The van der Waals surface area contributed by atoms with E-state index in [-0.39, 0.29) is 0 Å². The van der Waals surface area contributed by atoms with E-state index in [0.29, 0.717) is 0 Å². The van der Waals surface area contributed by atoms with Gasteiger partial charge in [-0.05, 0) is 24.3 Å². The molecule has 3 nitrogen and oxygen atoms in total. The summed E-state index contributed by atoms with van der Waals surface area (Å²) in [5, 5.41) is 4.11. The van der Waals surface area contributed by atoms with Gasteiger partial charge in [0.05, 0.1) is 5.69 Å². The maximum absolute atomic E-state index is 5.69. The minimum Gasteiger partial charge on any atom is -0.399 e. The summed E-state index contributed by atoms with van der Waals surface area (Å²) in [5.41, 5.74) is 7.37. The van der Waals surface area contributed by atoms with Crippen LogP contribution in [0.5, 0.6) is 0 Å². The fourth-order valence-electron chi connectivity index (χ4n) is 1.15. The number of nitrogen functional groups attached to an aromatic ring is 1. The highest BCUT2D eigenvalue weighted by Crippen LogP contribution is 2.19. The summed E-state index contributed by atoms with van der Waals surface area (Å²) in [5.74, 6) is 0. The maximum Gasteiger partial charge on any atom is 0.0677 e. The van der Waals surface area contributed by atoms with E-state index in [0.717, 1.165) is 15.8 Å². The number of nitrogens with zero attached hydrogens (tertiary/aromatic N) is 2. The average molecular weight is 238 g/mol. The Balaban J connectivity index is 2.53. The fraction of sp³-hybridized carbons (Fsp3) is 0. The normalized spacial score (nSPS) is 10.2. The van der Waals surface area contributed by atoms with Crippen molar-refractivity contribution < 1.29 is 0 Å². The number of anilines is 1. The first-order valence-electron chi connectivity index (χ1n) is 3.82. The number of rotatable bonds is 1. The van der Waals surface area contributed by atoms with Crippen LogP contribution >= 0.6 is 15.9 Å². The summed E-state index contributed by atoms with van der Waals surface area (Å²) in [6.45, 7) is 0. The zero-order valence-corrected chi connectivity index (χ0v) is 8.40. The molecule has 0 aliphatic heterocycles. The maximum atomic E-state index is 5.69. The Morgan fingerprint density at radius 2 is 2.15 bits per heavy atom. The van der Waals surface area contributed by atoms with Crippen LogP contribution in [-0.2, 0) is 0 Å². The van der Waals surface area contributed by atoms with Gasteiger partial charge in [-0.1, -0.05) is 15.9 Å². The Labute approximate surface area is 84.3 Å². The van der Waals surface area contributed by atoms with Crippen molar-refractivity contribution in [1.82, 2.24) is 9.78 Å². The van der Waals surface area contributed by atoms with Gasteiger partial charge in [0, 0.05) is 22.6 Å². The van der Waals surface area contributed by atoms with E-state index in [2.05, 4.69) is 21.0 Å². The van der Waals surface area contributed by atoms with E-state index in [1.54, 1.807) is 10.9 Å². The van der Waals surface area contributed by atoms with Crippen molar-refractivity contribution in [2.24, 2.45) is 0 Å². The molecule has 0 aliphatic carbocycles. The van der Waals surface area contributed by atoms with E-state index in [1.165, 1.54) is 0 Å². The molecule has 1 aromatic heterocycles. The van der Waals surface area contributed by atoms with Crippen molar-refractivity contribution in [2.45, 2.75) is 0 Å². The molecule has 0 atom stereocenters. The number of hydrogen-bond donors (Lipinski definition) is 1. The van der Waals surface area contributed by atoms with Crippen molar-refractivity contribution in [1.29, 1.82) is 0 Å². The molecular weight excluding hydrogens is 230 g/mol. The van der Waals surface area contributed by atoms with Crippen molar-refractivity contribution >= 4 is 21.6 Å². The third-order valence-electron chi connectivity index (χ3n) is 1.67. The third-order valence-corrected chi connectivity index (χ3v) is 2.13. The summed E-state index contributed by atoms with van der Waals surface area (Å²) < 4.78 is 2.72. The van der Waals surface area contributed by atoms with E-state index >= 15 is 0 Å². The molecule has 0 bridgehead atoms. The topological polar surface area (TPSA) is 43.8 Å². The standard InChI is InChI=1S/C9H8BrN3/c10-7-4-8(11)6-9(5-7)13-3-1-2-12-13/h1-6H,11H2. The molecule has 66 valence electrons. The van der Waals surface area contributed by atoms with Crippen molar-refractivity contribution in [3.05, 3.63) is 41.1 Å². The van der Waals surface area contributed by atoms with Crippen molar-refractivity contribution in [3.63, 3.8) is 0 Å². The highest BCUT2D eigenvalue weighted by Gasteiger charge is 1.98. The largest absolute Gasteiger partial charge is 0.399 e. The van der Waals surface area contributed by atoms with Gasteiger partial charge in [-0.15, -0.1) is 0 Å². The Morgan fingerprint density at radius 1 is 1.31 bits per heavy atom. The molecule has 2 aromatic rings. The number of aromatic nitrogens is 2. The average Bonchev–Trinajstić information content (AvgIpc) is 2.53. The molecule has 1 heterocycles. The molecule has 2 rings (SSSR count). The Morgan fingerprint density at radius 3 is 2.77 bits per heavy atom. The van der Waals surface area contributed by atoms with Crippen LogP contribution in [0.4, 0.5) is 5.69 Å². The van der Waals surface area contributed by atoms with E-state index in [9.17, 15) is 0 Å². The predicted octanol–water partition coefficient (Wildman–Crippen LogP) is 2.22. The van der Waals surface area contributed by atoms with Crippen molar-refractivity contribution in [2.75, 3.05) is 5.73 Å². The minimum atomic E-state index is 0.722. The number of hydrogen-bond acceptors (Lipinski definition) is 2. The van der Waals surface area contributed by atoms with Gasteiger partial charge in [-0.2, -0.15) is 5.10 Å². The Bertz CT molecular complexity index is 389. The molecule has 4 heteroatoms. The molecule has 0 aliphatic rings. The molecule has 2 N–H and O–H groups in total. The second-order valence-corrected chi connectivity index (χ2v) is 3.61. The van der Waals surface area contributed by atoms with E-state index in [1.807, 2.05) is 30.5 Å². The van der Waals surface area contributed by atoms with E-state index in [4.69, 9.17) is 5.73 Å². The molecule has 0 fully saturated rings. The van der Waals surface area contributed by atoms with Crippen LogP contribution in [-0.4, -0.2) is 9.78 Å². The van der Waals surface area contributed by atoms with Gasteiger partial charge in [-0.3, -0.25) is 0 Å². The SMILES string of the molecule is Nc1cc(Br)cc(-n2cccn2)c1. The zero-order chi connectivity index (χ0) is 9.26. The van der Waals surface area contributed by atoms with Gasteiger partial charge in [-0.25, -0.2) is 4.68 Å². The van der Waals surface area contributed by atoms with Crippen LogP contribution in [0, 0.1) is 0 Å². The summed E-state index contributed by atoms with van der Waals surface area (Å²) >= 11 is 3.38. The van der Waals surface area contributed by atoms with E-state index < -0.39 is 0 Å². The number of nitrogens with two attached hydrogens (primary N) is 1. The second-order valence-electron chi connectivity index (χ2n) is 2.69. The molecule has 13 heavy (non-hydrogen) atoms. The van der Waals surface area contributed by atoms with Gasteiger partial charge >= 0.3 is 0 Å². The monoisotopic (exact) mass is 237 g/mol. The molecule has 0 saturated carbocycles. The quantitative estimate of drug-likeness (QED) is 0.774. The lowest BCUT2D eigenvalue weighted by atomic mass is 10.3. The Kier molecular flexibility index (Phi) is 2.06. The van der Waals surface area contributed by atoms with Gasteiger partial charge in [0.15, 0.2) is 0 Å². The zero-order valence-electron chi connectivity index (χ0n) is 6.81. The highest BCUT2D eigenvalue weighted by atomic mass is 79.9.